The number of halogens is 3. The first kappa shape index (κ1) is 23.2. The first-order chi connectivity index (χ1) is 16.3. The Bertz CT molecular complexity index is 1260. The molecule has 0 saturated carbocycles. The summed E-state index contributed by atoms with van der Waals surface area (Å²) in [5.41, 5.74) is 1.82. The van der Waals surface area contributed by atoms with Crippen LogP contribution in [0.2, 0.25) is 0 Å². The van der Waals surface area contributed by atoms with E-state index >= 15 is 0 Å². The van der Waals surface area contributed by atoms with Crippen LogP contribution in [-0.2, 0) is 10.9 Å². The highest BCUT2D eigenvalue weighted by Gasteiger charge is 2.33. The van der Waals surface area contributed by atoms with Gasteiger partial charge in [-0.15, -0.1) is 0 Å². The highest BCUT2D eigenvalue weighted by atomic mass is 19.4. The van der Waals surface area contributed by atoms with Crippen LogP contribution in [0.15, 0.2) is 48.8 Å². The minimum Gasteiger partial charge on any atom is -0.378 e. The topological polar surface area (TPSA) is 91.1 Å². The highest BCUT2D eigenvalue weighted by Crippen LogP contribution is 2.31. The molecule has 1 fully saturated rings. The zero-order valence-corrected chi connectivity index (χ0v) is 18.2. The number of aryl methyl sites for hydroxylation is 1. The van der Waals surface area contributed by atoms with Crippen molar-refractivity contribution in [2.75, 3.05) is 36.5 Å². The summed E-state index contributed by atoms with van der Waals surface area (Å²) >= 11 is 0. The van der Waals surface area contributed by atoms with Gasteiger partial charge in [-0.1, -0.05) is 6.07 Å². The molecule has 1 saturated heterocycles. The number of amides is 1. The Hall–Kier alpha value is -3.97. The molecule has 10 heteroatoms. The molecular weight excluding hydrogens is 447 g/mol. The maximum atomic E-state index is 12.9. The molecule has 1 N–H and O–H groups in total. The lowest BCUT2D eigenvalue weighted by molar-refractivity contribution is -0.141. The molecule has 2 aromatic heterocycles. The molecule has 34 heavy (non-hydrogen) atoms. The van der Waals surface area contributed by atoms with E-state index in [9.17, 15) is 23.2 Å². The molecular formula is C24H20F3N5O2. The number of ether oxygens (including phenoxy) is 1. The van der Waals surface area contributed by atoms with Gasteiger partial charge in [0.1, 0.15) is 17.6 Å². The van der Waals surface area contributed by atoms with Crippen LogP contribution in [0.1, 0.15) is 27.2 Å². The normalized spacial score (nSPS) is 13.9. The maximum Gasteiger partial charge on any atom is 0.433 e. The summed E-state index contributed by atoms with van der Waals surface area (Å²) < 4.78 is 44.1. The summed E-state index contributed by atoms with van der Waals surface area (Å²) in [4.78, 5) is 22.4. The van der Waals surface area contributed by atoms with E-state index in [1.807, 2.05) is 11.8 Å². The fourth-order valence-electron chi connectivity index (χ4n) is 3.66. The number of aromatic nitrogens is 2. The lowest BCUT2D eigenvalue weighted by Crippen LogP contribution is -2.37. The van der Waals surface area contributed by atoms with Crippen molar-refractivity contribution in [1.82, 2.24) is 9.97 Å². The van der Waals surface area contributed by atoms with Gasteiger partial charge in [-0.05, 0) is 48.4 Å². The molecule has 1 aliphatic rings. The number of nitriles is 1. The number of pyridine rings is 2. The Balaban J connectivity index is 1.60. The second kappa shape index (κ2) is 9.49. The van der Waals surface area contributed by atoms with E-state index in [1.165, 1.54) is 6.07 Å². The van der Waals surface area contributed by atoms with Gasteiger partial charge in [0.05, 0.1) is 18.8 Å². The van der Waals surface area contributed by atoms with Crippen molar-refractivity contribution in [3.63, 3.8) is 0 Å². The average molecular weight is 467 g/mol. The molecule has 0 radical (unpaired) electrons. The third kappa shape index (κ3) is 5.00. The van der Waals surface area contributed by atoms with Crippen LogP contribution >= 0.6 is 0 Å². The molecule has 4 rings (SSSR count). The van der Waals surface area contributed by atoms with Gasteiger partial charge in [0.2, 0.25) is 0 Å². The van der Waals surface area contributed by atoms with Gasteiger partial charge in [-0.2, -0.15) is 18.4 Å². The zero-order chi connectivity index (χ0) is 24.3. The molecule has 1 aliphatic heterocycles. The molecule has 1 aromatic carbocycles. The number of nitrogens with one attached hydrogen (secondary N) is 1. The van der Waals surface area contributed by atoms with E-state index in [4.69, 9.17) is 4.74 Å². The standard InChI is InChI=1S/C24H20F3N5O2/c1-15-2-3-19(31-23(33)16-4-5-29-21(11-16)24(25,26)27)12-20(15)18-10-17(13-28)22(30-14-18)32-6-8-34-9-7-32/h2-5,10-12,14H,6-9H2,1H3,(H,31,33). The van der Waals surface area contributed by atoms with E-state index in [1.54, 1.807) is 30.5 Å². The van der Waals surface area contributed by atoms with Crippen LogP contribution in [0, 0.1) is 18.3 Å². The number of carbonyl (C=O) groups is 1. The van der Waals surface area contributed by atoms with Crippen LogP contribution in [0.3, 0.4) is 0 Å². The highest BCUT2D eigenvalue weighted by molar-refractivity contribution is 6.04. The zero-order valence-electron chi connectivity index (χ0n) is 18.2. The quantitative estimate of drug-likeness (QED) is 0.611. The van der Waals surface area contributed by atoms with Crippen molar-refractivity contribution in [3.05, 3.63) is 71.2 Å². The summed E-state index contributed by atoms with van der Waals surface area (Å²) in [5, 5.41) is 12.3. The Labute approximate surface area is 193 Å². The first-order valence-corrected chi connectivity index (χ1v) is 10.4. The summed E-state index contributed by atoms with van der Waals surface area (Å²) in [6.07, 6.45) is -2.03. The fraction of sp³-hybridized carbons (Fsp3) is 0.250. The van der Waals surface area contributed by atoms with Gasteiger partial charge < -0.3 is 15.0 Å². The predicted octanol–water partition coefficient (Wildman–Crippen LogP) is 4.43. The van der Waals surface area contributed by atoms with Crippen LogP contribution in [0.4, 0.5) is 24.7 Å². The Morgan fingerprint density at radius 2 is 1.91 bits per heavy atom. The molecule has 3 aromatic rings. The molecule has 7 nitrogen and oxygen atoms in total. The van der Waals surface area contributed by atoms with Crippen molar-refractivity contribution in [3.8, 4) is 17.2 Å². The third-order valence-corrected chi connectivity index (χ3v) is 5.42. The van der Waals surface area contributed by atoms with E-state index in [-0.39, 0.29) is 5.56 Å². The van der Waals surface area contributed by atoms with Crippen molar-refractivity contribution >= 4 is 17.4 Å². The second-order valence-corrected chi connectivity index (χ2v) is 7.72. The minimum atomic E-state index is -4.65. The number of nitrogens with zero attached hydrogens (tertiary/aromatic N) is 4. The van der Waals surface area contributed by atoms with E-state index in [0.29, 0.717) is 55.0 Å². The molecule has 1 amide bonds. The third-order valence-electron chi connectivity index (χ3n) is 5.42. The largest absolute Gasteiger partial charge is 0.433 e. The number of morpholine rings is 1. The van der Waals surface area contributed by atoms with Gasteiger partial charge >= 0.3 is 6.18 Å². The van der Waals surface area contributed by atoms with E-state index < -0.39 is 17.8 Å². The van der Waals surface area contributed by atoms with Crippen molar-refractivity contribution < 1.29 is 22.7 Å². The van der Waals surface area contributed by atoms with Gasteiger partial charge in [0.15, 0.2) is 0 Å². The second-order valence-electron chi connectivity index (χ2n) is 7.72. The first-order valence-electron chi connectivity index (χ1n) is 10.4. The number of hydrogen-bond donors (Lipinski definition) is 1. The van der Waals surface area contributed by atoms with E-state index in [0.717, 1.165) is 17.3 Å². The average Bonchev–Trinajstić information content (AvgIpc) is 2.85. The molecule has 0 bridgehead atoms. The molecule has 0 unspecified atom stereocenters. The van der Waals surface area contributed by atoms with E-state index in [2.05, 4.69) is 21.4 Å². The van der Waals surface area contributed by atoms with Crippen molar-refractivity contribution in [1.29, 1.82) is 5.26 Å². The van der Waals surface area contributed by atoms with Crippen LogP contribution < -0.4 is 10.2 Å². The lowest BCUT2D eigenvalue weighted by Gasteiger charge is -2.28. The Morgan fingerprint density at radius 1 is 1.15 bits per heavy atom. The van der Waals surface area contributed by atoms with Gasteiger partial charge in [-0.25, -0.2) is 4.98 Å². The summed E-state index contributed by atoms with van der Waals surface area (Å²) in [5.74, 6) is -0.101. The molecule has 0 aliphatic carbocycles. The fourth-order valence-corrected chi connectivity index (χ4v) is 3.66. The summed E-state index contributed by atoms with van der Waals surface area (Å²) in [6, 6.07) is 11.0. The lowest BCUT2D eigenvalue weighted by atomic mass is 9.99. The van der Waals surface area contributed by atoms with Gasteiger partial charge in [0.25, 0.3) is 5.91 Å². The maximum absolute atomic E-state index is 12.9. The predicted molar refractivity (Wildman–Crippen MR) is 119 cm³/mol. The number of alkyl halides is 3. The van der Waals surface area contributed by atoms with Crippen molar-refractivity contribution in [2.45, 2.75) is 13.1 Å². The summed E-state index contributed by atoms with van der Waals surface area (Å²) in [7, 11) is 0. The SMILES string of the molecule is Cc1ccc(NC(=O)c2ccnc(C(F)(F)F)c2)cc1-c1cnc(N2CCOCC2)c(C#N)c1. The van der Waals surface area contributed by atoms with Gasteiger partial charge in [-0.3, -0.25) is 9.78 Å². The number of hydrogen-bond acceptors (Lipinski definition) is 6. The van der Waals surface area contributed by atoms with Crippen LogP contribution in [0.5, 0.6) is 0 Å². The Kier molecular flexibility index (Phi) is 6.47. The molecule has 0 spiro atoms. The summed E-state index contributed by atoms with van der Waals surface area (Å²) in [6.45, 7) is 4.30. The van der Waals surface area contributed by atoms with Crippen LogP contribution in [0.25, 0.3) is 11.1 Å². The number of rotatable bonds is 4. The van der Waals surface area contributed by atoms with Gasteiger partial charge in [0, 0.05) is 42.3 Å². The minimum absolute atomic E-state index is 0.159. The molecule has 3 heterocycles. The Morgan fingerprint density at radius 3 is 2.62 bits per heavy atom. The monoisotopic (exact) mass is 467 g/mol. The van der Waals surface area contributed by atoms with Crippen LogP contribution in [-0.4, -0.2) is 42.2 Å². The number of carbonyl (C=O) groups excluding carboxylic acids is 1. The number of anilines is 2. The molecule has 174 valence electrons. The van der Waals surface area contributed by atoms with Crippen molar-refractivity contribution in [2.24, 2.45) is 0 Å². The smallest absolute Gasteiger partial charge is 0.378 e. The number of benzene rings is 1. The molecule has 0 atom stereocenters.